The van der Waals surface area contributed by atoms with E-state index in [-0.39, 0.29) is 5.69 Å². The summed E-state index contributed by atoms with van der Waals surface area (Å²) in [5.74, 6) is 3.10. The first-order chi connectivity index (χ1) is 7.35. The number of hydrogen-bond donors (Lipinski definition) is 1. The summed E-state index contributed by atoms with van der Waals surface area (Å²) >= 11 is 0. The molecular weight excluding hydrogens is 206 g/mol. The second-order valence-corrected chi connectivity index (χ2v) is 3.95. The number of aryl methyl sites for hydroxylation is 1. The van der Waals surface area contributed by atoms with Crippen molar-refractivity contribution in [2.24, 2.45) is 0 Å². The topological polar surface area (TPSA) is 68.1 Å². The van der Waals surface area contributed by atoms with E-state index >= 15 is 0 Å². The van der Waals surface area contributed by atoms with E-state index in [2.05, 4.69) is 16.2 Å². The molecule has 0 radical (unpaired) electrons. The average Bonchev–Trinajstić information content (AvgIpc) is 2.16. The fourth-order valence-corrected chi connectivity index (χ4v) is 1.17. The van der Waals surface area contributed by atoms with Crippen LogP contribution in [0.3, 0.4) is 0 Å². The number of hydrogen-bond acceptors (Lipinski definition) is 4. The van der Waals surface area contributed by atoms with Crippen LogP contribution in [0, 0.1) is 29.4 Å². The zero-order chi connectivity index (χ0) is 12.3. The Morgan fingerprint density at radius 1 is 1.56 bits per heavy atom. The van der Waals surface area contributed by atoms with Crippen molar-refractivity contribution >= 4 is 11.5 Å². The number of terminal acetylenes is 1. The molecule has 0 atom stereocenters. The Labute approximate surface area is 94.0 Å². The summed E-state index contributed by atoms with van der Waals surface area (Å²) in [7, 11) is 0. The molecule has 1 heterocycles. The summed E-state index contributed by atoms with van der Waals surface area (Å²) in [6.07, 6.45) is 5.32. The fourth-order valence-electron chi connectivity index (χ4n) is 1.17. The van der Waals surface area contributed by atoms with Crippen LogP contribution in [-0.4, -0.2) is 15.4 Å². The lowest BCUT2D eigenvalue weighted by Crippen LogP contribution is -2.29. The van der Waals surface area contributed by atoms with E-state index < -0.39 is 10.5 Å². The Morgan fingerprint density at radius 3 is 2.62 bits per heavy atom. The van der Waals surface area contributed by atoms with E-state index in [1.54, 1.807) is 13.0 Å². The second kappa shape index (κ2) is 4.19. The molecule has 0 saturated heterocycles. The van der Waals surface area contributed by atoms with Crippen LogP contribution in [0.25, 0.3) is 0 Å². The van der Waals surface area contributed by atoms with Crippen LogP contribution in [0.15, 0.2) is 12.1 Å². The molecule has 0 aliphatic rings. The zero-order valence-electron chi connectivity index (χ0n) is 9.44. The molecule has 0 aliphatic carbocycles. The van der Waals surface area contributed by atoms with Crippen LogP contribution < -0.4 is 5.32 Å². The van der Waals surface area contributed by atoms with E-state index in [4.69, 9.17) is 6.42 Å². The first-order valence-corrected chi connectivity index (χ1v) is 4.74. The predicted octanol–water partition coefficient (Wildman–Crippen LogP) is 2.12. The van der Waals surface area contributed by atoms with Gasteiger partial charge < -0.3 is 5.32 Å². The first-order valence-electron chi connectivity index (χ1n) is 4.74. The predicted molar refractivity (Wildman–Crippen MR) is 62.2 cm³/mol. The molecular formula is C11H13N3O2. The Morgan fingerprint density at radius 2 is 2.19 bits per heavy atom. The molecule has 1 aromatic rings. The zero-order valence-corrected chi connectivity index (χ0v) is 9.44. The van der Waals surface area contributed by atoms with Crippen molar-refractivity contribution in [3.05, 3.63) is 27.9 Å². The molecule has 0 saturated carbocycles. The number of pyridine rings is 1. The van der Waals surface area contributed by atoms with Gasteiger partial charge in [0, 0.05) is 6.07 Å². The summed E-state index contributed by atoms with van der Waals surface area (Å²) in [6, 6.07) is 2.96. The largest absolute Gasteiger partial charge is 0.354 e. The highest BCUT2D eigenvalue weighted by molar-refractivity contribution is 5.47. The Hall–Kier alpha value is -2.09. The number of rotatable bonds is 3. The molecule has 0 amide bonds. The number of nitro groups is 1. The lowest BCUT2D eigenvalue weighted by Gasteiger charge is -2.20. The smallest absolute Gasteiger partial charge is 0.290 e. The van der Waals surface area contributed by atoms with Crippen LogP contribution in [0.4, 0.5) is 11.5 Å². The van der Waals surface area contributed by atoms with E-state index in [0.717, 1.165) is 0 Å². The molecule has 0 aliphatic heterocycles. The summed E-state index contributed by atoms with van der Waals surface area (Å²) in [5, 5.41) is 13.6. The highest BCUT2D eigenvalue weighted by Gasteiger charge is 2.16. The minimum absolute atomic E-state index is 0.00376. The normalized spacial score (nSPS) is 10.6. The van der Waals surface area contributed by atoms with Gasteiger partial charge in [0.05, 0.1) is 10.5 Å². The van der Waals surface area contributed by atoms with E-state index in [1.807, 2.05) is 13.8 Å². The van der Waals surface area contributed by atoms with Crippen molar-refractivity contribution < 1.29 is 4.92 Å². The van der Waals surface area contributed by atoms with Crippen LogP contribution in [0.1, 0.15) is 19.5 Å². The van der Waals surface area contributed by atoms with Crippen molar-refractivity contribution in [3.63, 3.8) is 0 Å². The average molecular weight is 219 g/mol. The summed E-state index contributed by atoms with van der Waals surface area (Å²) in [4.78, 5) is 14.2. The maximum absolute atomic E-state index is 10.6. The molecule has 5 heteroatoms. The van der Waals surface area contributed by atoms with Crippen molar-refractivity contribution in [2.75, 3.05) is 5.32 Å². The Bertz CT molecular complexity index is 461. The van der Waals surface area contributed by atoms with Crippen LogP contribution in [0.2, 0.25) is 0 Å². The van der Waals surface area contributed by atoms with Gasteiger partial charge >= 0.3 is 0 Å². The number of nitrogens with one attached hydrogen (secondary N) is 1. The minimum Gasteiger partial charge on any atom is -0.354 e. The van der Waals surface area contributed by atoms with Crippen LogP contribution >= 0.6 is 0 Å². The van der Waals surface area contributed by atoms with E-state index in [9.17, 15) is 10.1 Å². The summed E-state index contributed by atoms with van der Waals surface area (Å²) in [5.41, 5.74) is -0.165. The van der Waals surface area contributed by atoms with Crippen LogP contribution in [-0.2, 0) is 0 Å². The minimum atomic E-state index is -0.532. The monoisotopic (exact) mass is 219 g/mol. The summed E-state index contributed by atoms with van der Waals surface area (Å²) < 4.78 is 0. The lowest BCUT2D eigenvalue weighted by molar-refractivity contribution is -0.385. The van der Waals surface area contributed by atoms with Gasteiger partial charge in [0.15, 0.2) is 0 Å². The molecule has 5 nitrogen and oxygen atoms in total. The molecule has 84 valence electrons. The third-order valence-corrected chi connectivity index (χ3v) is 2.06. The van der Waals surface area contributed by atoms with Gasteiger partial charge in [0.1, 0.15) is 11.5 Å². The van der Waals surface area contributed by atoms with Gasteiger partial charge in [-0.25, -0.2) is 4.98 Å². The van der Waals surface area contributed by atoms with Gasteiger partial charge in [-0.15, -0.1) is 6.42 Å². The Kier molecular flexibility index (Phi) is 3.14. The van der Waals surface area contributed by atoms with Gasteiger partial charge in [-0.05, 0) is 26.8 Å². The van der Waals surface area contributed by atoms with Gasteiger partial charge in [0.2, 0.25) is 0 Å². The quantitative estimate of drug-likeness (QED) is 0.480. The van der Waals surface area contributed by atoms with E-state index in [0.29, 0.717) is 11.5 Å². The fraction of sp³-hybridized carbons (Fsp3) is 0.364. The van der Waals surface area contributed by atoms with Crippen molar-refractivity contribution in [1.82, 2.24) is 4.98 Å². The van der Waals surface area contributed by atoms with Gasteiger partial charge in [-0.2, -0.15) is 0 Å². The third-order valence-electron chi connectivity index (χ3n) is 2.06. The first kappa shape index (κ1) is 12.0. The van der Waals surface area contributed by atoms with Crippen molar-refractivity contribution in [3.8, 4) is 12.3 Å². The molecule has 1 rings (SSSR count). The van der Waals surface area contributed by atoms with Crippen molar-refractivity contribution in [1.29, 1.82) is 0 Å². The SMILES string of the molecule is C#CC(C)(C)Nc1ccc([N+](=O)[O-])c(C)n1. The number of nitrogens with zero attached hydrogens (tertiary/aromatic N) is 2. The molecule has 0 spiro atoms. The van der Waals surface area contributed by atoms with Gasteiger partial charge in [-0.3, -0.25) is 10.1 Å². The highest BCUT2D eigenvalue weighted by Crippen LogP contribution is 2.19. The number of aromatic nitrogens is 1. The maximum Gasteiger partial charge on any atom is 0.290 e. The molecule has 1 N–H and O–H groups in total. The highest BCUT2D eigenvalue weighted by atomic mass is 16.6. The number of anilines is 1. The van der Waals surface area contributed by atoms with Crippen LogP contribution in [0.5, 0.6) is 0 Å². The summed E-state index contributed by atoms with van der Waals surface area (Å²) in [6.45, 7) is 5.24. The maximum atomic E-state index is 10.6. The lowest BCUT2D eigenvalue weighted by atomic mass is 10.1. The van der Waals surface area contributed by atoms with Gasteiger partial charge in [-0.1, -0.05) is 5.92 Å². The third kappa shape index (κ3) is 2.70. The molecule has 16 heavy (non-hydrogen) atoms. The van der Waals surface area contributed by atoms with Crippen molar-refractivity contribution in [2.45, 2.75) is 26.3 Å². The Balaban J connectivity index is 2.99. The van der Waals surface area contributed by atoms with Gasteiger partial charge in [0.25, 0.3) is 5.69 Å². The molecule has 1 aromatic heterocycles. The second-order valence-electron chi connectivity index (χ2n) is 3.95. The van der Waals surface area contributed by atoms with E-state index in [1.165, 1.54) is 6.07 Å². The molecule has 0 aromatic carbocycles. The standard InChI is InChI=1S/C11H13N3O2/c1-5-11(3,4)13-10-7-6-9(14(15)16)8(2)12-10/h1,6-7H,2-4H3,(H,12,13). The molecule has 0 fully saturated rings. The molecule has 0 unspecified atom stereocenters. The molecule has 0 bridgehead atoms.